The molecule has 0 radical (unpaired) electrons. The Hall–Kier alpha value is -1.88. The summed E-state index contributed by atoms with van der Waals surface area (Å²) in [5, 5.41) is 9.78. The first-order valence-electron chi connectivity index (χ1n) is 4.88. The van der Waals surface area contributed by atoms with E-state index in [1.54, 1.807) is 24.5 Å². The van der Waals surface area contributed by atoms with Crippen molar-refractivity contribution >= 4 is 17.0 Å². The van der Waals surface area contributed by atoms with Gasteiger partial charge in [0.15, 0.2) is 0 Å². The predicted molar refractivity (Wildman–Crippen MR) is 57.7 cm³/mol. The summed E-state index contributed by atoms with van der Waals surface area (Å²) < 4.78 is 4.50. The Balaban J connectivity index is 2.22. The second-order valence-electron chi connectivity index (χ2n) is 3.48. The SMILES string of the molecule is COC(=O)C[C@H](O)c1ccc2nc[nH]c2c1. The van der Waals surface area contributed by atoms with Crippen LogP contribution in [0.4, 0.5) is 0 Å². The zero-order valence-corrected chi connectivity index (χ0v) is 8.80. The van der Waals surface area contributed by atoms with Crippen molar-refractivity contribution in [2.45, 2.75) is 12.5 Å². The number of aliphatic hydroxyl groups excluding tert-OH is 1. The van der Waals surface area contributed by atoms with Crippen molar-refractivity contribution in [2.75, 3.05) is 7.11 Å². The van der Waals surface area contributed by atoms with Gasteiger partial charge in [0.2, 0.25) is 0 Å². The number of aliphatic hydroxyl groups is 1. The van der Waals surface area contributed by atoms with Gasteiger partial charge < -0.3 is 14.8 Å². The van der Waals surface area contributed by atoms with Crippen molar-refractivity contribution < 1.29 is 14.6 Å². The van der Waals surface area contributed by atoms with Crippen molar-refractivity contribution in [2.24, 2.45) is 0 Å². The first kappa shape index (κ1) is 10.6. The number of benzene rings is 1. The largest absolute Gasteiger partial charge is 0.469 e. The van der Waals surface area contributed by atoms with Crippen LogP contribution in [0, 0.1) is 0 Å². The average molecular weight is 220 g/mol. The molecule has 1 aromatic heterocycles. The van der Waals surface area contributed by atoms with Gasteiger partial charge in [-0.1, -0.05) is 6.07 Å². The molecule has 0 amide bonds. The summed E-state index contributed by atoms with van der Waals surface area (Å²) >= 11 is 0. The van der Waals surface area contributed by atoms with E-state index in [4.69, 9.17) is 0 Å². The topological polar surface area (TPSA) is 75.2 Å². The zero-order valence-electron chi connectivity index (χ0n) is 8.80. The van der Waals surface area contributed by atoms with Crippen molar-refractivity contribution in [1.82, 2.24) is 9.97 Å². The molecule has 16 heavy (non-hydrogen) atoms. The van der Waals surface area contributed by atoms with Crippen LogP contribution in [-0.2, 0) is 9.53 Å². The number of nitrogens with zero attached hydrogens (tertiary/aromatic N) is 1. The van der Waals surface area contributed by atoms with E-state index >= 15 is 0 Å². The Morgan fingerprint density at radius 2 is 2.44 bits per heavy atom. The Labute approximate surface area is 92.1 Å². The number of nitrogens with one attached hydrogen (secondary N) is 1. The minimum Gasteiger partial charge on any atom is -0.469 e. The molecule has 84 valence electrons. The standard InChI is InChI=1S/C11H12N2O3/c1-16-11(15)5-10(14)7-2-3-8-9(4-7)13-6-12-8/h2-4,6,10,14H,5H2,1H3,(H,12,13)/t10-/m0/s1. The molecule has 2 N–H and O–H groups in total. The van der Waals surface area contributed by atoms with Gasteiger partial charge in [0.1, 0.15) is 0 Å². The van der Waals surface area contributed by atoms with Crippen molar-refractivity contribution in [1.29, 1.82) is 0 Å². The molecule has 2 aromatic rings. The van der Waals surface area contributed by atoms with E-state index in [1.807, 2.05) is 0 Å². The van der Waals surface area contributed by atoms with E-state index in [9.17, 15) is 9.90 Å². The first-order chi connectivity index (χ1) is 7.70. The maximum absolute atomic E-state index is 11.0. The van der Waals surface area contributed by atoms with Gasteiger partial charge in [-0.15, -0.1) is 0 Å². The lowest BCUT2D eigenvalue weighted by Crippen LogP contribution is -2.07. The number of ether oxygens (including phenoxy) is 1. The highest BCUT2D eigenvalue weighted by molar-refractivity contribution is 5.76. The number of rotatable bonds is 3. The molecule has 2 rings (SSSR count). The Kier molecular flexibility index (Phi) is 2.87. The van der Waals surface area contributed by atoms with Crippen LogP contribution >= 0.6 is 0 Å². The molecule has 0 fully saturated rings. The molecular formula is C11H12N2O3. The number of hydrogen-bond acceptors (Lipinski definition) is 4. The van der Waals surface area contributed by atoms with Gasteiger partial charge in [-0.3, -0.25) is 4.79 Å². The summed E-state index contributed by atoms with van der Waals surface area (Å²) in [6, 6.07) is 5.31. The molecular weight excluding hydrogens is 208 g/mol. The molecule has 0 aliphatic heterocycles. The van der Waals surface area contributed by atoms with Gasteiger partial charge in [-0.05, 0) is 17.7 Å². The number of carbonyl (C=O) groups excluding carboxylic acids is 1. The van der Waals surface area contributed by atoms with Crippen LogP contribution in [0.2, 0.25) is 0 Å². The summed E-state index contributed by atoms with van der Waals surface area (Å²) in [7, 11) is 1.30. The number of imidazole rings is 1. The molecule has 1 aromatic carbocycles. The Morgan fingerprint density at radius 1 is 1.62 bits per heavy atom. The second kappa shape index (κ2) is 4.32. The van der Waals surface area contributed by atoms with Crippen molar-refractivity contribution in [3.8, 4) is 0 Å². The highest BCUT2D eigenvalue weighted by Crippen LogP contribution is 2.20. The molecule has 5 nitrogen and oxygen atoms in total. The molecule has 1 heterocycles. The number of fused-ring (bicyclic) bond motifs is 1. The number of hydrogen-bond donors (Lipinski definition) is 2. The van der Waals surface area contributed by atoms with Crippen molar-refractivity contribution in [3.63, 3.8) is 0 Å². The highest BCUT2D eigenvalue weighted by atomic mass is 16.5. The van der Waals surface area contributed by atoms with Gasteiger partial charge in [0.05, 0.1) is 37.0 Å². The van der Waals surface area contributed by atoms with Gasteiger partial charge in [0, 0.05) is 0 Å². The highest BCUT2D eigenvalue weighted by Gasteiger charge is 2.13. The minimum absolute atomic E-state index is 0.0455. The summed E-state index contributed by atoms with van der Waals surface area (Å²) in [4.78, 5) is 18.0. The van der Waals surface area contributed by atoms with Gasteiger partial charge >= 0.3 is 5.97 Å². The number of carbonyl (C=O) groups is 1. The smallest absolute Gasteiger partial charge is 0.308 e. The van der Waals surface area contributed by atoms with Crippen LogP contribution in [0.1, 0.15) is 18.1 Å². The molecule has 0 spiro atoms. The van der Waals surface area contributed by atoms with Crippen LogP contribution in [0.25, 0.3) is 11.0 Å². The minimum atomic E-state index is -0.847. The van der Waals surface area contributed by atoms with E-state index in [2.05, 4.69) is 14.7 Å². The Morgan fingerprint density at radius 3 is 3.19 bits per heavy atom. The summed E-state index contributed by atoms with van der Waals surface area (Å²) in [5.74, 6) is -0.433. The number of aromatic amines is 1. The number of methoxy groups -OCH3 is 1. The maximum Gasteiger partial charge on any atom is 0.308 e. The maximum atomic E-state index is 11.0. The quantitative estimate of drug-likeness (QED) is 0.761. The van der Waals surface area contributed by atoms with Crippen LogP contribution in [0.15, 0.2) is 24.5 Å². The summed E-state index contributed by atoms with van der Waals surface area (Å²) in [6.45, 7) is 0. The third-order valence-corrected chi connectivity index (χ3v) is 2.42. The van der Waals surface area contributed by atoms with Crippen LogP contribution < -0.4 is 0 Å². The summed E-state index contributed by atoms with van der Waals surface area (Å²) in [5.41, 5.74) is 2.33. The first-order valence-corrected chi connectivity index (χ1v) is 4.88. The van der Waals surface area contributed by atoms with E-state index in [1.165, 1.54) is 7.11 Å². The lowest BCUT2D eigenvalue weighted by Gasteiger charge is -2.09. The second-order valence-corrected chi connectivity index (χ2v) is 3.48. The third-order valence-electron chi connectivity index (χ3n) is 2.42. The molecule has 0 aliphatic rings. The third kappa shape index (κ3) is 2.04. The fourth-order valence-electron chi connectivity index (χ4n) is 1.52. The molecule has 0 bridgehead atoms. The lowest BCUT2D eigenvalue weighted by molar-refractivity contribution is -0.142. The van der Waals surface area contributed by atoms with E-state index in [0.29, 0.717) is 5.56 Å². The van der Waals surface area contributed by atoms with E-state index < -0.39 is 12.1 Å². The average Bonchev–Trinajstić information content (AvgIpc) is 2.75. The van der Waals surface area contributed by atoms with Crippen LogP contribution in [-0.4, -0.2) is 28.2 Å². The Bertz CT molecular complexity index is 507. The lowest BCUT2D eigenvalue weighted by atomic mass is 10.1. The summed E-state index contributed by atoms with van der Waals surface area (Å²) in [6.07, 6.45) is 0.692. The fraction of sp³-hybridized carbons (Fsp3) is 0.273. The predicted octanol–water partition coefficient (Wildman–Crippen LogP) is 1.16. The zero-order chi connectivity index (χ0) is 11.5. The fourth-order valence-corrected chi connectivity index (χ4v) is 1.52. The van der Waals surface area contributed by atoms with Crippen LogP contribution in [0.5, 0.6) is 0 Å². The van der Waals surface area contributed by atoms with Gasteiger partial charge in [-0.25, -0.2) is 4.98 Å². The molecule has 0 saturated carbocycles. The van der Waals surface area contributed by atoms with E-state index in [0.717, 1.165) is 11.0 Å². The van der Waals surface area contributed by atoms with Crippen molar-refractivity contribution in [3.05, 3.63) is 30.1 Å². The molecule has 5 heteroatoms. The van der Waals surface area contributed by atoms with Gasteiger partial charge in [0.25, 0.3) is 0 Å². The monoisotopic (exact) mass is 220 g/mol. The van der Waals surface area contributed by atoms with Gasteiger partial charge in [-0.2, -0.15) is 0 Å². The molecule has 1 atom stereocenters. The molecule has 0 aliphatic carbocycles. The van der Waals surface area contributed by atoms with E-state index in [-0.39, 0.29) is 6.42 Å². The molecule has 0 unspecified atom stereocenters. The number of aromatic nitrogens is 2. The normalized spacial score (nSPS) is 12.6. The number of esters is 1. The number of H-pyrrole nitrogens is 1. The van der Waals surface area contributed by atoms with Crippen LogP contribution in [0.3, 0.4) is 0 Å². The molecule has 0 saturated heterocycles.